The van der Waals surface area contributed by atoms with Crippen molar-refractivity contribution in [3.05, 3.63) is 89.5 Å². The number of likely N-dealkylation sites (tertiary alicyclic amines) is 1. The number of carbonyl (C=O) groups excluding carboxylic acids is 1. The van der Waals surface area contributed by atoms with Crippen molar-refractivity contribution in [1.82, 2.24) is 4.90 Å². The maximum atomic E-state index is 13.7. The monoisotopic (exact) mass is 472 g/mol. The van der Waals surface area contributed by atoms with Crippen molar-refractivity contribution in [1.29, 1.82) is 0 Å². The quantitative estimate of drug-likeness (QED) is 0.395. The summed E-state index contributed by atoms with van der Waals surface area (Å²) >= 11 is 0. The molecule has 0 aromatic heterocycles. The van der Waals surface area contributed by atoms with Crippen molar-refractivity contribution in [2.24, 2.45) is 0 Å². The lowest BCUT2D eigenvalue weighted by molar-refractivity contribution is 0.0958. The minimum absolute atomic E-state index is 0.0144. The number of anilines is 1. The van der Waals surface area contributed by atoms with E-state index in [1.54, 1.807) is 14.2 Å². The van der Waals surface area contributed by atoms with E-state index < -0.39 is 0 Å². The Morgan fingerprint density at radius 3 is 2.17 bits per heavy atom. The molecule has 4 rings (SSSR count). The third-order valence-corrected chi connectivity index (χ3v) is 6.86. The Hall–Kier alpha value is -3.31. The van der Waals surface area contributed by atoms with Gasteiger partial charge >= 0.3 is 0 Å². The molecule has 1 aliphatic heterocycles. The summed E-state index contributed by atoms with van der Waals surface area (Å²) in [6.07, 6.45) is 1.83. The molecule has 1 amide bonds. The zero-order chi connectivity index (χ0) is 24.8. The summed E-state index contributed by atoms with van der Waals surface area (Å²) in [6, 6.07) is 24.3. The fourth-order valence-electron chi connectivity index (χ4n) is 4.79. The molecule has 3 aromatic carbocycles. The highest BCUT2D eigenvalue weighted by Gasteiger charge is 2.30. The van der Waals surface area contributed by atoms with Crippen LogP contribution in [0.3, 0.4) is 0 Å². The summed E-state index contributed by atoms with van der Waals surface area (Å²) < 4.78 is 11.0. The Balaban J connectivity index is 1.52. The van der Waals surface area contributed by atoms with Crippen molar-refractivity contribution in [3.63, 3.8) is 0 Å². The standard InChI is InChI=1S/C30H36N2O3/c1-22(2)24-12-10-23(11-13-24)21-31-18-16-26(17-19-31)32(30(33)25-8-6-5-7-9-25)27-14-15-28(34-3)29(20-27)35-4/h5-15,20,22,26H,16-19,21H2,1-4H3. The van der Waals surface area contributed by atoms with Gasteiger partial charge in [0.2, 0.25) is 0 Å². The zero-order valence-corrected chi connectivity index (χ0v) is 21.2. The van der Waals surface area contributed by atoms with Crippen LogP contribution in [0, 0.1) is 0 Å². The third kappa shape index (κ3) is 5.85. The molecule has 0 unspecified atom stereocenters. The highest BCUT2D eigenvalue weighted by atomic mass is 16.5. The van der Waals surface area contributed by atoms with E-state index in [0.717, 1.165) is 38.2 Å². The Kier molecular flexibility index (Phi) is 8.09. The first-order valence-corrected chi connectivity index (χ1v) is 12.4. The molecular formula is C30H36N2O3. The van der Waals surface area contributed by atoms with Crippen LogP contribution >= 0.6 is 0 Å². The molecule has 1 aliphatic rings. The van der Waals surface area contributed by atoms with Gasteiger partial charge in [-0.25, -0.2) is 0 Å². The van der Waals surface area contributed by atoms with Crippen LogP contribution < -0.4 is 14.4 Å². The van der Waals surface area contributed by atoms with Crippen LogP contribution in [-0.2, 0) is 6.54 Å². The molecule has 0 radical (unpaired) electrons. The van der Waals surface area contributed by atoms with Crippen molar-refractivity contribution in [2.45, 2.75) is 45.2 Å². The van der Waals surface area contributed by atoms with Gasteiger partial charge in [0.1, 0.15) is 0 Å². The summed E-state index contributed by atoms with van der Waals surface area (Å²) in [7, 11) is 3.24. The molecule has 5 heteroatoms. The van der Waals surface area contributed by atoms with E-state index in [9.17, 15) is 4.79 Å². The molecule has 184 valence electrons. The second-order valence-electron chi connectivity index (χ2n) is 9.48. The Bertz CT molecular complexity index is 1100. The lowest BCUT2D eigenvalue weighted by atomic mass is 9.99. The van der Waals surface area contributed by atoms with Crippen LogP contribution in [0.1, 0.15) is 54.1 Å². The molecule has 1 saturated heterocycles. The topological polar surface area (TPSA) is 42.0 Å². The van der Waals surface area contributed by atoms with E-state index >= 15 is 0 Å². The summed E-state index contributed by atoms with van der Waals surface area (Å²) in [5.41, 5.74) is 4.23. The van der Waals surface area contributed by atoms with Crippen LogP contribution in [0.15, 0.2) is 72.8 Å². The van der Waals surface area contributed by atoms with Gasteiger partial charge in [-0.1, -0.05) is 56.3 Å². The largest absolute Gasteiger partial charge is 0.493 e. The number of nitrogens with zero attached hydrogens (tertiary/aromatic N) is 2. The highest BCUT2D eigenvalue weighted by molar-refractivity contribution is 6.06. The summed E-state index contributed by atoms with van der Waals surface area (Å²) in [5, 5.41) is 0. The first-order chi connectivity index (χ1) is 17.0. The molecule has 5 nitrogen and oxygen atoms in total. The molecule has 1 fully saturated rings. The predicted molar refractivity (Wildman–Crippen MR) is 142 cm³/mol. The van der Waals surface area contributed by atoms with Gasteiger partial charge in [0, 0.05) is 43.0 Å². The van der Waals surface area contributed by atoms with Crippen LogP contribution in [0.5, 0.6) is 11.5 Å². The first-order valence-electron chi connectivity index (χ1n) is 12.4. The Labute approximate surface area is 209 Å². The number of hydrogen-bond donors (Lipinski definition) is 0. The Morgan fingerprint density at radius 2 is 1.57 bits per heavy atom. The van der Waals surface area contributed by atoms with Gasteiger partial charge in [-0.2, -0.15) is 0 Å². The third-order valence-electron chi connectivity index (χ3n) is 6.86. The van der Waals surface area contributed by atoms with E-state index in [4.69, 9.17) is 9.47 Å². The SMILES string of the molecule is COc1ccc(N(C(=O)c2ccccc2)C2CCN(Cc3ccc(C(C)C)cc3)CC2)cc1OC. The minimum Gasteiger partial charge on any atom is -0.493 e. The lowest BCUT2D eigenvalue weighted by Crippen LogP contribution is -2.47. The second-order valence-corrected chi connectivity index (χ2v) is 9.48. The summed E-state index contributed by atoms with van der Waals surface area (Å²) in [6.45, 7) is 7.28. The van der Waals surface area contributed by atoms with Gasteiger partial charge in [-0.3, -0.25) is 9.69 Å². The number of rotatable bonds is 8. The number of methoxy groups -OCH3 is 2. The van der Waals surface area contributed by atoms with Crippen LogP contribution in [0.2, 0.25) is 0 Å². The number of benzene rings is 3. The molecule has 0 bridgehead atoms. The fraction of sp³-hybridized carbons (Fsp3) is 0.367. The molecule has 35 heavy (non-hydrogen) atoms. The Morgan fingerprint density at radius 1 is 0.914 bits per heavy atom. The molecule has 1 heterocycles. The molecule has 0 saturated carbocycles. The average molecular weight is 473 g/mol. The van der Waals surface area contributed by atoms with E-state index in [-0.39, 0.29) is 11.9 Å². The molecular weight excluding hydrogens is 436 g/mol. The van der Waals surface area contributed by atoms with Gasteiger partial charge in [0.25, 0.3) is 5.91 Å². The molecule has 0 spiro atoms. The zero-order valence-electron chi connectivity index (χ0n) is 21.2. The molecule has 0 aliphatic carbocycles. The highest BCUT2D eigenvalue weighted by Crippen LogP contribution is 2.34. The second kappa shape index (κ2) is 11.4. The maximum Gasteiger partial charge on any atom is 0.258 e. The number of carbonyl (C=O) groups is 1. The van der Waals surface area contributed by atoms with Crippen molar-refractivity contribution < 1.29 is 14.3 Å². The van der Waals surface area contributed by atoms with Gasteiger partial charge < -0.3 is 14.4 Å². The minimum atomic E-state index is 0.0144. The van der Waals surface area contributed by atoms with Crippen LogP contribution in [0.4, 0.5) is 5.69 Å². The van der Waals surface area contributed by atoms with Gasteiger partial charge in [0.15, 0.2) is 11.5 Å². The molecule has 3 aromatic rings. The van der Waals surface area contributed by atoms with Gasteiger partial charge in [-0.05, 0) is 54.2 Å². The van der Waals surface area contributed by atoms with Gasteiger partial charge in [-0.15, -0.1) is 0 Å². The van der Waals surface area contributed by atoms with E-state index in [1.807, 2.05) is 53.4 Å². The van der Waals surface area contributed by atoms with E-state index in [2.05, 4.69) is 43.0 Å². The van der Waals surface area contributed by atoms with Crippen LogP contribution in [-0.4, -0.2) is 44.2 Å². The normalized spacial score (nSPS) is 14.7. The van der Waals surface area contributed by atoms with Crippen molar-refractivity contribution in [3.8, 4) is 11.5 Å². The predicted octanol–water partition coefficient (Wildman–Crippen LogP) is 6.14. The maximum absolute atomic E-state index is 13.7. The van der Waals surface area contributed by atoms with Crippen molar-refractivity contribution >= 4 is 11.6 Å². The summed E-state index contributed by atoms with van der Waals surface area (Å²) in [4.78, 5) is 18.1. The van der Waals surface area contributed by atoms with Crippen molar-refractivity contribution in [2.75, 3.05) is 32.2 Å². The molecule has 0 atom stereocenters. The average Bonchev–Trinajstić information content (AvgIpc) is 2.90. The smallest absolute Gasteiger partial charge is 0.258 e. The first kappa shape index (κ1) is 24.8. The molecule has 0 N–H and O–H groups in total. The number of piperidine rings is 1. The van der Waals surface area contributed by atoms with E-state index in [0.29, 0.717) is 23.0 Å². The number of hydrogen-bond acceptors (Lipinski definition) is 4. The van der Waals surface area contributed by atoms with E-state index in [1.165, 1.54) is 11.1 Å². The summed E-state index contributed by atoms with van der Waals surface area (Å²) in [5.74, 6) is 1.84. The van der Waals surface area contributed by atoms with Gasteiger partial charge in [0.05, 0.1) is 14.2 Å². The lowest BCUT2D eigenvalue weighted by Gasteiger charge is -2.39. The fourth-order valence-corrected chi connectivity index (χ4v) is 4.79. The van der Waals surface area contributed by atoms with Crippen LogP contribution in [0.25, 0.3) is 0 Å². The number of amides is 1. The number of ether oxygens (including phenoxy) is 2.